The molecular formula is C11H13NO4. The van der Waals surface area contributed by atoms with Crippen LogP contribution in [0, 0.1) is 35.0 Å². The summed E-state index contributed by atoms with van der Waals surface area (Å²) in [6, 6.07) is 1.81. The number of carboxylic acid groups (broad SMARTS) is 2. The van der Waals surface area contributed by atoms with Crippen molar-refractivity contribution in [1.82, 2.24) is 0 Å². The van der Waals surface area contributed by atoms with Gasteiger partial charge in [0, 0.05) is 12.3 Å². The fourth-order valence-electron chi connectivity index (χ4n) is 1.53. The van der Waals surface area contributed by atoms with Crippen LogP contribution in [0.1, 0.15) is 26.2 Å². The molecule has 0 aliphatic heterocycles. The van der Waals surface area contributed by atoms with Crippen molar-refractivity contribution in [2.45, 2.75) is 26.2 Å². The molecule has 0 rings (SSSR count). The lowest BCUT2D eigenvalue weighted by Crippen LogP contribution is -2.39. The average molecular weight is 223 g/mol. The van der Waals surface area contributed by atoms with Gasteiger partial charge in [-0.1, -0.05) is 6.92 Å². The predicted octanol–water partition coefficient (Wildman–Crippen LogP) is 1.11. The number of carbonyl (C=O) groups is 2. The van der Waals surface area contributed by atoms with Crippen molar-refractivity contribution in [2.24, 2.45) is 11.3 Å². The number of hydrogen-bond donors (Lipinski definition) is 2. The lowest BCUT2D eigenvalue weighted by atomic mass is 9.71. The van der Waals surface area contributed by atoms with Gasteiger partial charge in [0.1, 0.15) is 0 Å². The molecule has 2 unspecified atom stereocenters. The van der Waals surface area contributed by atoms with Crippen LogP contribution in [0.15, 0.2) is 0 Å². The summed E-state index contributed by atoms with van der Waals surface area (Å²) in [5, 5.41) is 26.3. The molecule has 2 N–H and O–H groups in total. The third kappa shape index (κ3) is 2.99. The van der Waals surface area contributed by atoms with Gasteiger partial charge in [0.15, 0.2) is 0 Å². The van der Waals surface area contributed by atoms with Crippen molar-refractivity contribution in [3.63, 3.8) is 0 Å². The maximum atomic E-state index is 11.2. The van der Waals surface area contributed by atoms with Gasteiger partial charge in [-0.05, 0) is 6.42 Å². The molecule has 5 heteroatoms. The largest absolute Gasteiger partial charge is 0.481 e. The van der Waals surface area contributed by atoms with Crippen LogP contribution >= 0.6 is 0 Å². The Morgan fingerprint density at radius 3 is 2.38 bits per heavy atom. The van der Waals surface area contributed by atoms with Crippen molar-refractivity contribution in [2.75, 3.05) is 0 Å². The van der Waals surface area contributed by atoms with Crippen LogP contribution in [0.3, 0.4) is 0 Å². The van der Waals surface area contributed by atoms with Gasteiger partial charge in [-0.15, -0.1) is 12.3 Å². The molecule has 5 nitrogen and oxygen atoms in total. The van der Waals surface area contributed by atoms with Gasteiger partial charge in [0.2, 0.25) is 0 Å². The number of terminal acetylenes is 1. The van der Waals surface area contributed by atoms with E-state index in [1.165, 1.54) is 6.92 Å². The maximum absolute atomic E-state index is 11.2. The Morgan fingerprint density at radius 1 is 1.50 bits per heavy atom. The number of nitriles is 1. The Balaban J connectivity index is 5.23. The molecule has 0 aliphatic carbocycles. The van der Waals surface area contributed by atoms with Crippen LogP contribution in [0.4, 0.5) is 0 Å². The molecule has 2 atom stereocenters. The normalized spacial score (nSPS) is 15.2. The van der Waals surface area contributed by atoms with Crippen LogP contribution in [0.5, 0.6) is 0 Å². The molecule has 0 aliphatic rings. The highest BCUT2D eigenvalue weighted by atomic mass is 16.4. The van der Waals surface area contributed by atoms with Gasteiger partial charge < -0.3 is 10.2 Å². The summed E-state index contributed by atoms with van der Waals surface area (Å²) >= 11 is 0. The fraction of sp³-hybridized carbons (Fsp3) is 0.545. The summed E-state index contributed by atoms with van der Waals surface area (Å²) in [5.41, 5.74) is -1.56. The van der Waals surface area contributed by atoms with E-state index in [1.807, 2.05) is 0 Å². The van der Waals surface area contributed by atoms with Gasteiger partial charge in [0.25, 0.3) is 0 Å². The second-order valence-corrected chi connectivity index (χ2v) is 3.58. The van der Waals surface area contributed by atoms with Crippen LogP contribution in [0.2, 0.25) is 0 Å². The van der Waals surface area contributed by atoms with Gasteiger partial charge in [-0.25, -0.2) is 0 Å². The van der Waals surface area contributed by atoms with Gasteiger partial charge in [0.05, 0.1) is 17.9 Å². The monoisotopic (exact) mass is 223 g/mol. The Kier molecular flexibility index (Phi) is 5.05. The van der Waals surface area contributed by atoms with E-state index in [1.54, 1.807) is 6.07 Å². The molecule has 16 heavy (non-hydrogen) atoms. The highest BCUT2D eigenvalue weighted by Crippen LogP contribution is 2.36. The highest BCUT2D eigenvalue weighted by molar-refractivity contribution is 5.82. The summed E-state index contributed by atoms with van der Waals surface area (Å²) < 4.78 is 0. The molecular weight excluding hydrogens is 210 g/mol. The number of hydrogen-bond acceptors (Lipinski definition) is 3. The van der Waals surface area contributed by atoms with E-state index in [2.05, 4.69) is 5.92 Å². The lowest BCUT2D eigenvalue weighted by molar-refractivity contribution is -0.158. The summed E-state index contributed by atoms with van der Waals surface area (Å²) in [6.45, 7) is 1.48. The van der Waals surface area contributed by atoms with Crippen molar-refractivity contribution in [1.29, 1.82) is 5.26 Å². The Morgan fingerprint density at radius 2 is 2.06 bits per heavy atom. The molecule has 0 spiro atoms. The molecule has 0 aromatic carbocycles. The van der Waals surface area contributed by atoms with E-state index in [0.29, 0.717) is 0 Å². The number of nitrogens with zero attached hydrogens (tertiary/aromatic N) is 1. The van der Waals surface area contributed by atoms with Crippen LogP contribution in [0.25, 0.3) is 0 Å². The molecule has 86 valence electrons. The van der Waals surface area contributed by atoms with E-state index in [-0.39, 0.29) is 12.8 Å². The standard InChI is InChI=1S/C11H13NO4/c1-3-8(2)11(10(15)16,5-4-6-12)7-9(13)14/h1,8H,4-5,7H2,2H3,(H,13,14)(H,15,16). The minimum Gasteiger partial charge on any atom is -0.481 e. The first kappa shape index (κ1) is 14.0. The predicted molar refractivity (Wildman–Crippen MR) is 55.2 cm³/mol. The number of carboxylic acids is 2. The molecule has 0 amide bonds. The van der Waals surface area contributed by atoms with E-state index >= 15 is 0 Å². The second kappa shape index (κ2) is 5.77. The number of aliphatic carboxylic acids is 2. The van der Waals surface area contributed by atoms with Crippen LogP contribution in [-0.2, 0) is 9.59 Å². The Hall–Kier alpha value is -2.01. The molecule has 0 fully saturated rings. The van der Waals surface area contributed by atoms with Gasteiger partial charge in [-0.3, -0.25) is 9.59 Å². The zero-order chi connectivity index (χ0) is 12.8. The maximum Gasteiger partial charge on any atom is 0.311 e. The minimum atomic E-state index is -1.56. The topological polar surface area (TPSA) is 98.4 Å². The number of rotatable bonds is 6. The second-order valence-electron chi connectivity index (χ2n) is 3.58. The Labute approximate surface area is 93.7 Å². The van der Waals surface area contributed by atoms with Crippen molar-refractivity contribution >= 4 is 11.9 Å². The summed E-state index contributed by atoms with van der Waals surface area (Å²) in [4.78, 5) is 21.9. The first-order valence-corrected chi connectivity index (χ1v) is 4.69. The Bertz CT molecular complexity index is 363. The van der Waals surface area contributed by atoms with Crippen molar-refractivity contribution in [3.8, 4) is 18.4 Å². The van der Waals surface area contributed by atoms with E-state index in [4.69, 9.17) is 21.9 Å². The molecule has 0 heterocycles. The molecule has 0 saturated carbocycles. The highest BCUT2D eigenvalue weighted by Gasteiger charge is 2.44. The van der Waals surface area contributed by atoms with Crippen molar-refractivity contribution in [3.05, 3.63) is 0 Å². The zero-order valence-electron chi connectivity index (χ0n) is 8.93. The van der Waals surface area contributed by atoms with Crippen LogP contribution in [-0.4, -0.2) is 22.2 Å². The summed E-state index contributed by atoms with van der Waals surface area (Å²) in [5.74, 6) is -0.995. The smallest absolute Gasteiger partial charge is 0.311 e. The van der Waals surface area contributed by atoms with E-state index < -0.39 is 29.7 Å². The first-order chi connectivity index (χ1) is 7.40. The van der Waals surface area contributed by atoms with Gasteiger partial charge in [-0.2, -0.15) is 5.26 Å². The summed E-state index contributed by atoms with van der Waals surface area (Å²) in [7, 11) is 0. The lowest BCUT2D eigenvalue weighted by Gasteiger charge is -2.30. The molecule has 0 aromatic heterocycles. The van der Waals surface area contributed by atoms with E-state index in [9.17, 15) is 9.59 Å². The summed E-state index contributed by atoms with van der Waals surface area (Å²) in [6.07, 6.45) is 4.49. The van der Waals surface area contributed by atoms with E-state index in [0.717, 1.165) is 0 Å². The quantitative estimate of drug-likeness (QED) is 0.657. The average Bonchev–Trinajstić information content (AvgIpc) is 2.22. The molecule has 0 aromatic rings. The zero-order valence-corrected chi connectivity index (χ0v) is 8.93. The SMILES string of the molecule is C#CC(C)C(CCC#N)(CC(=O)O)C(=O)O. The first-order valence-electron chi connectivity index (χ1n) is 4.69. The third-order valence-electron chi connectivity index (χ3n) is 2.65. The minimum absolute atomic E-state index is 0.0361. The van der Waals surface area contributed by atoms with Crippen molar-refractivity contribution < 1.29 is 19.8 Å². The fourth-order valence-corrected chi connectivity index (χ4v) is 1.53. The molecule has 0 saturated heterocycles. The van der Waals surface area contributed by atoms with Crippen LogP contribution < -0.4 is 0 Å². The molecule has 0 bridgehead atoms. The third-order valence-corrected chi connectivity index (χ3v) is 2.65. The molecule has 0 radical (unpaired) electrons. The van der Waals surface area contributed by atoms with Gasteiger partial charge >= 0.3 is 11.9 Å².